The van der Waals surface area contributed by atoms with Gasteiger partial charge in [0.25, 0.3) is 10.1 Å². The summed E-state index contributed by atoms with van der Waals surface area (Å²) in [6.45, 7) is 1.57. The zero-order chi connectivity index (χ0) is 8.20. The van der Waals surface area contributed by atoms with Crippen molar-refractivity contribution in [1.82, 2.24) is 0 Å². The van der Waals surface area contributed by atoms with E-state index in [-0.39, 0.29) is 5.75 Å². The van der Waals surface area contributed by atoms with Crippen LogP contribution in [-0.4, -0.2) is 29.9 Å². The van der Waals surface area contributed by atoms with Crippen molar-refractivity contribution >= 4 is 10.1 Å². The zero-order valence-electron chi connectivity index (χ0n) is 5.82. The highest BCUT2D eigenvalue weighted by Crippen LogP contribution is 1.97. The Labute approximate surface area is 60.6 Å². The molecule has 0 bridgehead atoms. The van der Waals surface area contributed by atoms with Gasteiger partial charge in [-0.15, -0.1) is 0 Å². The molecular formula is C5H12O4S. The van der Waals surface area contributed by atoms with Crippen molar-refractivity contribution in [2.45, 2.75) is 25.9 Å². The lowest BCUT2D eigenvalue weighted by Crippen LogP contribution is -2.07. The fourth-order valence-corrected chi connectivity index (χ4v) is 1.09. The van der Waals surface area contributed by atoms with Gasteiger partial charge in [-0.05, 0) is 19.8 Å². The zero-order valence-corrected chi connectivity index (χ0v) is 6.63. The van der Waals surface area contributed by atoms with E-state index in [2.05, 4.69) is 0 Å². The molecule has 2 N–H and O–H groups in total. The molecule has 4 nitrogen and oxygen atoms in total. The second kappa shape index (κ2) is 3.90. The van der Waals surface area contributed by atoms with Gasteiger partial charge < -0.3 is 5.11 Å². The molecule has 0 fully saturated rings. The lowest BCUT2D eigenvalue weighted by molar-refractivity contribution is 0.183. The predicted octanol–water partition coefficient (Wildman–Crippen LogP) is 0.0352. The van der Waals surface area contributed by atoms with E-state index in [1.54, 1.807) is 6.92 Å². The summed E-state index contributed by atoms with van der Waals surface area (Å²) in [5.41, 5.74) is 0. The molecule has 0 aliphatic rings. The molecule has 0 aliphatic heterocycles. The molecule has 0 saturated carbocycles. The lowest BCUT2D eigenvalue weighted by atomic mass is 10.2. The molecule has 10 heavy (non-hydrogen) atoms. The van der Waals surface area contributed by atoms with Crippen molar-refractivity contribution in [3.05, 3.63) is 0 Å². The minimum Gasteiger partial charge on any atom is -0.393 e. The Balaban J connectivity index is 3.39. The molecule has 0 spiro atoms. The van der Waals surface area contributed by atoms with Crippen LogP contribution in [0.2, 0.25) is 0 Å². The maximum absolute atomic E-state index is 10.1. The first-order valence-corrected chi connectivity index (χ1v) is 4.66. The maximum atomic E-state index is 10.1. The van der Waals surface area contributed by atoms with E-state index in [1.807, 2.05) is 0 Å². The van der Waals surface area contributed by atoms with Crippen LogP contribution in [0, 0.1) is 0 Å². The van der Waals surface area contributed by atoms with Crippen LogP contribution in [-0.2, 0) is 10.1 Å². The summed E-state index contributed by atoms with van der Waals surface area (Å²) >= 11 is 0. The maximum Gasteiger partial charge on any atom is 0.264 e. The number of aliphatic hydroxyl groups is 1. The second-order valence-electron chi connectivity index (χ2n) is 2.28. The average molecular weight is 168 g/mol. The molecule has 0 amide bonds. The highest BCUT2D eigenvalue weighted by molar-refractivity contribution is 7.85. The van der Waals surface area contributed by atoms with Gasteiger partial charge >= 0.3 is 0 Å². The fourth-order valence-electron chi connectivity index (χ4n) is 0.561. The van der Waals surface area contributed by atoms with E-state index in [4.69, 9.17) is 9.66 Å². The number of hydrogen-bond acceptors (Lipinski definition) is 3. The third-order valence-corrected chi connectivity index (χ3v) is 1.83. The summed E-state index contributed by atoms with van der Waals surface area (Å²) in [6.07, 6.45) is 0.206. The molecule has 0 aliphatic carbocycles. The summed E-state index contributed by atoms with van der Waals surface area (Å²) < 4.78 is 28.4. The van der Waals surface area contributed by atoms with Crippen LogP contribution in [0.1, 0.15) is 19.8 Å². The Morgan fingerprint density at radius 3 is 2.30 bits per heavy atom. The van der Waals surface area contributed by atoms with Gasteiger partial charge in [0, 0.05) is 0 Å². The van der Waals surface area contributed by atoms with E-state index in [9.17, 15) is 8.42 Å². The summed E-state index contributed by atoms with van der Waals surface area (Å²) in [5.74, 6) is -0.266. The minimum atomic E-state index is -3.83. The van der Waals surface area contributed by atoms with Crippen molar-refractivity contribution in [3.8, 4) is 0 Å². The van der Waals surface area contributed by atoms with Crippen molar-refractivity contribution in [3.63, 3.8) is 0 Å². The first kappa shape index (κ1) is 9.87. The Bertz CT molecular complexity index is 170. The molecule has 0 aromatic rings. The van der Waals surface area contributed by atoms with Crippen LogP contribution in [0.3, 0.4) is 0 Å². The van der Waals surface area contributed by atoms with Gasteiger partial charge in [0.1, 0.15) is 0 Å². The average Bonchev–Trinajstić information content (AvgIpc) is 1.59. The highest BCUT2D eigenvalue weighted by Gasteiger charge is 2.04. The minimum absolute atomic E-state index is 0.266. The summed E-state index contributed by atoms with van der Waals surface area (Å²) in [4.78, 5) is 0. The van der Waals surface area contributed by atoms with E-state index in [1.165, 1.54) is 0 Å². The Kier molecular flexibility index (Phi) is 3.85. The van der Waals surface area contributed by atoms with Crippen LogP contribution in [0.4, 0.5) is 0 Å². The highest BCUT2D eigenvalue weighted by atomic mass is 32.2. The standard InChI is InChI=1S/C5H12O4S/c1-5(6)3-2-4-10(7,8)9/h5-6H,2-4H2,1H3,(H,7,8,9)/t5-/m1/s1. The molecular weight excluding hydrogens is 156 g/mol. The molecule has 0 heterocycles. The topological polar surface area (TPSA) is 74.6 Å². The monoisotopic (exact) mass is 168 g/mol. The van der Waals surface area contributed by atoms with Crippen LogP contribution in [0.15, 0.2) is 0 Å². The normalized spacial score (nSPS) is 15.1. The van der Waals surface area contributed by atoms with E-state index in [0.717, 1.165) is 0 Å². The van der Waals surface area contributed by atoms with Crippen molar-refractivity contribution in [2.75, 3.05) is 5.75 Å². The molecule has 0 aromatic carbocycles. The summed E-state index contributed by atoms with van der Waals surface area (Å²) in [6, 6.07) is 0. The first-order chi connectivity index (χ1) is 4.42. The van der Waals surface area contributed by atoms with Crippen molar-refractivity contribution in [2.24, 2.45) is 0 Å². The third kappa shape index (κ3) is 7.87. The first-order valence-electron chi connectivity index (χ1n) is 3.05. The molecule has 0 radical (unpaired) electrons. The predicted molar refractivity (Wildman–Crippen MR) is 37.3 cm³/mol. The van der Waals surface area contributed by atoms with Crippen LogP contribution < -0.4 is 0 Å². The van der Waals surface area contributed by atoms with Gasteiger partial charge in [0.2, 0.25) is 0 Å². The van der Waals surface area contributed by atoms with E-state index >= 15 is 0 Å². The molecule has 62 valence electrons. The number of aliphatic hydroxyl groups excluding tert-OH is 1. The van der Waals surface area contributed by atoms with Crippen LogP contribution >= 0.6 is 0 Å². The van der Waals surface area contributed by atoms with Gasteiger partial charge in [0.05, 0.1) is 11.9 Å². The number of rotatable bonds is 4. The quantitative estimate of drug-likeness (QED) is 0.581. The van der Waals surface area contributed by atoms with Crippen LogP contribution in [0.25, 0.3) is 0 Å². The fraction of sp³-hybridized carbons (Fsp3) is 1.00. The number of hydrogen-bond donors (Lipinski definition) is 2. The molecule has 0 aromatic heterocycles. The summed E-state index contributed by atoms with van der Waals surface area (Å²) in [7, 11) is -3.83. The van der Waals surface area contributed by atoms with Gasteiger partial charge in [0.15, 0.2) is 0 Å². The second-order valence-corrected chi connectivity index (χ2v) is 3.85. The van der Waals surface area contributed by atoms with Gasteiger partial charge in [-0.1, -0.05) is 0 Å². The smallest absolute Gasteiger partial charge is 0.264 e. The Morgan fingerprint density at radius 2 is 2.00 bits per heavy atom. The molecule has 0 rings (SSSR count). The third-order valence-electron chi connectivity index (χ3n) is 1.02. The largest absolute Gasteiger partial charge is 0.393 e. The molecule has 0 unspecified atom stereocenters. The van der Waals surface area contributed by atoms with Crippen molar-refractivity contribution < 1.29 is 18.1 Å². The van der Waals surface area contributed by atoms with Gasteiger partial charge in [-0.25, -0.2) is 0 Å². The SMILES string of the molecule is C[C@@H](O)CCCS(=O)(=O)O. The van der Waals surface area contributed by atoms with Crippen LogP contribution in [0.5, 0.6) is 0 Å². The lowest BCUT2D eigenvalue weighted by Gasteiger charge is -2.00. The van der Waals surface area contributed by atoms with Gasteiger partial charge in [-0.2, -0.15) is 8.42 Å². The molecule has 1 atom stereocenters. The Morgan fingerprint density at radius 1 is 1.50 bits per heavy atom. The van der Waals surface area contributed by atoms with E-state index < -0.39 is 16.2 Å². The molecule has 5 heteroatoms. The van der Waals surface area contributed by atoms with Crippen molar-refractivity contribution in [1.29, 1.82) is 0 Å². The van der Waals surface area contributed by atoms with Gasteiger partial charge in [-0.3, -0.25) is 4.55 Å². The molecule has 0 saturated heterocycles. The van der Waals surface area contributed by atoms with E-state index in [0.29, 0.717) is 12.8 Å². The summed E-state index contributed by atoms with van der Waals surface area (Å²) in [5, 5.41) is 8.67. The Hall–Kier alpha value is -0.130.